The second-order valence-electron chi connectivity index (χ2n) is 3.89. The Morgan fingerprint density at radius 2 is 2.11 bits per heavy atom. The number of aromatic nitrogens is 1. The maximum atomic E-state index is 4.41. The van der Waals surface area contributed by atoms with E-state index in [0.29, 0.717) is 6.54 Å². The summed E-state index contributed by atoms with van der Waals surface area (Å²) < 4.78 is 1.12. The third-order valence-corrected chi connectivity index (χ3v) is 5.01. The van der Waals surface area contributed by atoms with Crippen molar-refractivity contribution in [1.82, 2.24) is 15.6 Å². The lowest BCUT2D eigenvalue weighted by Gasteiger charge is -2.09. The van der Waals surface area contributed by atoms with Crippen LogP contribution in [-0.4, -0.2) is 18.0 Å². The van der Waals surface area contributed by atoms with Gasteiger partial charge >= 0.3 is 0 Å². The Balaban J connectivity index is 1.80. The average Bonchev–Trinajstić information content (AvgIpc) is 2.99. The molecule has 0 fully saturated rings. The van der Waals surface area contributed by atoms with Gasteiger partial charge < -0.3 is 10.6 Å². The molecule has 19 heavy (non-hydrogen) atoms. The van der Waals surface area contributed by atoms with Gasteiger partial charge in [-0.1, -0.05) is 0 Å². The normalized spacial score (nSPS) is 11.6. The highest BCUT2D eigenvalue weighted by Crippen LogP contribution is 2.19. The number of aryl methyl sites for hydroxylation is 1. The number of guanidine groups is 1. The first-order valence-electron chi connectivity index (χ1n) is 5.76. The summed E-state index contributed by atoms with van der Waals surface area (Å²) in [6.07, 6.45) is 0. The zero-order valence-corrected chi connectivity index (χ0v) is 14.0. The molecule has 0 unspecified atom stereocenters. The highest BCUT2D eigenvalue weighted by atomic mass is 79.9. The SMILES string of the molecule is CN=C(NCc1cc(Br)cs1)NCc1nc(C)cs1. The molecule has 0 aliphatic rings. The molecule has 2 aromatic heterocycles. The van der Waals surface area contributed by atoms with Crippen molar-refractivity contribution >= 4 is 44.6 Å². The van der Waals surface area contributed by atoms with Crippen molar-refractivity contribution in [2.24, 2.45) is 4.99 Å². The first kappa shape index (κ1) is 14.5. The molecule has 4 nitrogen and oxygen atoms in total. The second kappa shape index (κ2) is 7.02. The Morgan fingerprint density at radius 3 is 2.68 bits per heavy atom. The van der Waals surface area contributed by atoms with Crippen LogP contribution in [0.25, 0.3) is 0 Å². The van der Waals surface area contributed by atoms with E-state index in [9.17, 15) is 0 Å². The van der Waals surface area contributed by atoms with E-state index in [0.717, 1.165) is 27.7 Å². The summed E-state index contributed by atoms with van der Waals surface area (Å²) in [5.74, 6) is 0.789. The monoisotopic (exact) mass is 358 g/mol. The van der Waals surface area contributed by atoms with Crippen LogP contribution in [0.1, 0.15) is 15.6 Å². The van der Waals surface area contributed by atoms with Gasteiger partial charge in [-0.05, 0) is 28.9 Å². The van der Waals surface area contributed by atoms with Gasteiger partial charge in [0.25, 0.3) is 0 Å². The number of rotatable bonds is 4. The van der Waals surface area contributed by atoms with Crippen LogP contribution in [0.5, 0.6) is 0 Å². The van der Waals surface area contributed by atoms with E-state index < -0.39 is 0 Å². The van der Waals surface area contributed by atoms with Gasteiger partial charge in [0.15, 0.2) is 5.96 Å². The largest absolute Gasteiger partial charge is 0.352 e. The molecule has 102 valence electrons. The molecule has 2 N–H and O–H groups in total. The van der Waals surface area contributed by atoms with E-state index in [1.54, 1.807) is 29.7 Å². The second-order valence-corrected chi connectivity index (χ2v) is 6.75. The number of thiazole rings is 1. The van der Waals surface area contributed by atoms with E-state index in [-0.39, 0.29) is 0 Å². The summed E-state index contributed by atoms with van der Waals surface area (Å²) in [6.45, 7) is 3.47. The Bertz CT molecular complexity index is 515. The van der Waals surface area contributed by atoms with Crippen molar-refractivity contribution in [2.75, 3.05) is 7.05 Å². The summed E-state index contributed by atoms with van der Waals surface area (Å²) >= 11 is 6.83. The van der Waals surface area contributed by atoms with Crippen LogP contribution in [0.2, 0.25) is 0 Å². The van der Waals surface area contributed by atoms with E-state index in [4.69, 9.17) is 0 Å². The lowest BCUT2D eigenvalue weighted by Crippen LogP contribution is -2.36. The Hall–Kier alpha value is -0.920. The topological polar surface area (TPSA) is 49.3 Å². The van der Waals surface area contributed by atoms with Crippen LogP contribution >= 0.6 is 38.6 Å². The number of nitrogens with one attached hydrogen (secondary N) is 2. The predicted octanol–water partition coefficient (Wildman–Crippen LogP) is 3.14. The molecule has 0 spiro atoms. The predicted molar refractivity (Wildman–Crippen MR) is 85.9 cm³/mol. The number of hydrogen-bond acceptors (Lipinski definition) is 4. The minimum absolute atomic E-state index is 0.701. The van der Waals surface area contributed by atoms with E-state index >= 15 is 0 Å². The number of aliphatic imine (C=N–C) groups is 1. The fraction of sp³-hybridized carbons (Fsp3) is 0.333. The zero-order valence-electron chi connectivity index (χ0n) is 10.7. The number of halogens is 1. The lowest BCUT2D eigenvalue weighted by atomic mass is 10.4. The summed E-state index contributed by atoms with van der Waals surface area (Å²) in [4.78, 5) is 9.87. The summed E-state index contributed by atoms with van der Waals surface area (Å²) in [6, 6.07) is 2.11. The molecule has 0 saturated carbocycles. The van der Waals surface area contributed by atoms with Crippen LogP contribution in [0.15, 0.2) is 26.3 Å². The minimum atomic E-state index is 0.701. The third-order valence-electron chi connectivity index (χ3n) is 2.35. The Kier molecular flexibility index (Phi) is 5.35. The number of nitrogens with zero attached hydrogens (tertiary/aromatic N) is 2. The van der Waals surface area contributed by atoms with E-state index in [2.05, 4.69) is 53.4 Å². The van der Waals surface area contributed by atoms with Gasteiger partial charge in [-0.3, -0.25) is 4.99 Å². The van der Waals surface area contributed by atoms with Gasteiger partial charge in [-0.2, -0.15) is 0 Å². The first-order chi connectivity index (χ1) is 9.17. The van der Waals surface area contributed by atoms with Gasteiger partial charge in [0, 0.05) is 32.9 Å². The van der Waals surface area contributed by atoms with Crippen LogP contribution in [0, 0.1) is 6.92 Å². The standard InChI is InChI=1S/C12H15BrN4S2/c1-8-6-19-11(17-8)5-16-12(14-2)15-4-10-3-9(13)7-18-10/h3,6-7H,4-5H2,1-2H3,(H2,14,15,16). The van der Waals surface area contributed by atoms with Crippen LogP contribution in [-0.2, 0) is 13.1 Å². The zero-order chi connectivity index (χ0) is 13.7. The molecule has 0 bridgehead atoms. The molecule has 2 heterocycles. The summed E-state index contributed by atoms with van der Waals surface area (Å²) in [5.41, 5.74) is 1.06. The fourth-order valence-electron chi connectivity index (χ4n) is 1.48. The number of thiophene rings is 1. The van der Waals surface area contributed by atoms with Crippen LogP contribution < -0.4 is 10.6 Å². The van der Waals surface area contributed by atoms with Crippen molar-refractivity contribution in [2.45, 2.75) is 20.0 Å². The molecule has 0 aliphatic heterocycles. The van der Waals surface area contributed by atoms with E-state index in [1.165, 1.54) is 4.88 Å². The molecular weight excluding hydrogens is 344 g/mol. The molecule has 0 atom stereocenters. The average molecular weight is 359 g/mol. The van der Waals surface area contributed by atoms with Gasteiger partial charge in [0.1, 0.15) is 5.01 Å². The molecular formula is C12H15BrN4S2. The van der Waals surface area contributed by atoms with Gasteiger partial charge in [-0.15, -0.1) is 22.7 Å². The van der Waals surface area contributed by atoms with Gasteiger partial charge in [0.2, 0.25) is 0 Å². The van der Waals surface area contributed by atoms with Crippen molar-refractivity contribution < 1.29 is 0 Å². The summed E-state index contributed by atoms with van der Waals surface area (Å²) in [7, 11) is 1.77. The molecule has 0 radical (unpaired) electrons. The third kappa shape index (κ3) is 4.59. The Morgan fingerprint density at radius 1 is 1.32 bits per heavy atom. The summed E-state index contributed by atoms with van der Waals surface area (Å²) in [5, 5.41) is 11.7. The molecule has 0 aromatic carbocycles. The fourth-order valence-corrected chi connectivity index (χ4v) is 3.58. The molecule has 0 amide bonds. The van der Waals surface area contributed by atoms with Gasteiger partial charge in [0.05, 0.1) is 13.1 Å². The van der Waals surface area contributed by atoms with Crippen molar-refractivity contribution in [3.05, 3.63) is 36.9 Å². The van der Waals surface area contributed by atoms with Gasteiger partial charge in [-0.25, -0.2) is 4.98 Å². The highest BCUT2D eigenvalue weighted by Gasteiger charge is 2.02. The maximum Gasteiger partial charge on any atom is 0.191 e. The minimum Gasteiger partial charge on any atom is -0.352 e. The highest BCUT2D eigenvalue weighted by molar-refractivity contribution is 9.10. The molecule has 0 aliphatic carbocycles. The smallest absolute Gasteiger partial charge is 0.191 e. The quantitative estimate of drug-likeness (QED) is 0.651. The molecule has 0 saturated heterocycles. The molecule has 2 aromatic rings. The number of hydrogen-bond donors (Lipinski definition) is 2. The Labute approximate surface area is 129 Å². The maximum absolute atomic E-state index is 4.41. The van der Waals surface area contributed by atoms with Crippen molar-refractivity contribution in [3.8, 4) is 0 Å². The van der Waals surface area contributed by atoms with Crippen molar-refractivity contribution in [1.29, 1.82) is 0 Å². The van der Waals surface area contributed by atoms with Crippen LogP contribution in [0.3, 0.4) is 0 Å². The van der Waals surface area contributed by atoms with Crippen molar-refractivity contribution in [3.63, 3.8) is 0 Å². The van der Waals surface area contributed by atoms with Crippen LogP contribution in [0.4, 0.5) is 0 Å². The first-order valence-corrected chi connectivity index (χ1v) is 8.31. The molecule has 7 heteroatoms. The van der Waals surface area contributed by atoms with E-state index in [1.807, 2.05) is 6.92 Å². The lowest BCUT2D eigenvalue weighted by molar-refractivity contribution is 0.809. The molecule has 2 rings (SSSR count).